The highest BCUT2D eigenvalue weighted by molar-refractivity contribution is 7.87. The van der Waals surface area contributed by atoms with Gasteiger partial charge in [-0.25, -0.2) is 0 Å². The number of carbonyl (C=O) groups is 1. The van der Waals surface area contributed by atoms with Crippen molar-refractivity contribution >= 4 is 16.2 Å². The summed E-state index contributed by atoms with van der Waals surface area (Å²) in [6, 6.07) is 4.82. The molecule has 0 unspecified atom stereocenters. The van der Waals surface area contributed by atoms with Gasteiger partial charge in [0.1, 0.15) is 0 Å². The van der Waals surface area contributed by atoms with E-state index < -0.39 is 22.2 Å². The summed E-state index contributed by atoms with van der Waals surface area (Å²) in [6.45, 7) is 1.75. The minimum absolute atomic E-state index is 0.00583. The van der Waals surface area contributed by atoms with Crippen LogP contribution in [0, 0.1) is 0 Å². The number of pyridine rings is 1. The predicted molar refractivity (Wildman–Crippen MR) is 74.0 cm³/mol. The first-order valence-electron chi connectivity index (χ1n) is 6.08. The van der Waals surface area contributed by atoms with Crippen molar-refractivity contribution in [1.29, 1.82) is 0 Å². The van der Waals surface area contributed by atoms with Crippen LogP contribution in [-0.4, -0.2) is 44.4 Å². The molecule has 0 saturated carbocycles. The first kappa shape index (κ1) is 16.5. The van der Waals surface area contributed by atoms with Gasteiger partial charge in [0.25, 0.3) is 10.2 Å². The van der Waals surface area contributed by atoms with Crippen molar-refractivity contribution < 1.29 is 17.9 Å². The zero-order valence-electron chi connectivity index (χ0n) is 11.7. The Balaban J connectivity index is 2.62. The summed E-state index contributed by atoms with van der Waals surface area (Å²) in [7, 11) is -1.01. The predicted octanol–water partition coefficient (Wildman–Crippen LogP) is 0.472. The van der Waals surface area contributed by atoms with Gasteiger partial charge in [-0.2, -0.15) is 17.4 Å². The van der Waals surface area contributed by atoms with Crippen LogP contribution < -0.4 is 4.72 Å². The van der Waals surface area contributed by atoms with Gasteiger partial charge in [0.15, 0.2) is 0 Å². The molecule has 0 aliphatic heterocycles. The molecular formula is C12H19N3O4S. The Bertz CT molecular complexity index is 533. The lowest BCUT2D eigenvalue weighted by atomic mass is 10.2. The lowest BCUT2D eigenvalue weighted by Crippen LogP contribution is -2.40. The van der Waals surface area contributed by atoms with Crippen molar-refractivity contribution in [2.24, 2.45) is 0 Å². The molecule has 0 aliphatic carbocycles. The van der Waals surface area contributed by atoms with Crippen LogP contribution in [-0.2, 0) is 19.7 Å². The Morgan fingerprint density at radius 2 is 2.20 bits per heavy atom. The molecule has 1 aromatic heterocycles. The fraction of sp³-hybridized carbons (Fsp3) is 0.500. The number of nitrogens with zero attached hydrogens (tertiary/aromatic N) is 2. The van der Waals surface area contributed by atoms with Gasteiger partial charge >= 0.3 is 5.97 Å². The molecule has 1 heterocycles. The molecule has 1 atom stereocenters. The summed E-state index contributed by atoms with van der Waals surface area (Å²) in [5.41, 5.74) is 0.623. The number of rotatable bonds is 7. The van der Waals surface area contributed by atoms with Crippen molar-refractivity contribution in [1.82, 2.24) is 14.0 Å². The van der Waals surface area contributed by atoms with Gasteiger partial charge in [0, 0.05) is 19.8 Å². The number of carbonyl (C=O) groups excluding carboxylic acids is 1. The van der Waals surface area contributed by atoms with Crippen LogP contribution >= 0.6 is 0 Å². The average molecular weight is 301 g/mol. The molecule has 0 spiro atoms. The van der Waals surface area contributed by atoms with E-state index in [2.05, 4.69) is 14.4 Å². The third-order valence-electron chi connectivity index (χ3n) is 2.73. The van der Waals surface area contributed by atoms with Gasteiger partial charge in [0.2, 0.25) is 0 Å². The fourth-order valence-corrected chi connectivity index (χ4v) is 2.56. The van der Waals surface area contributed by atoms with Crippen LogP contribution in [0.15, 0.2) is 24.4 Å². The maximum Gasteiger partial charge on any atom is 0.306 e. The molecule has 0 bridgehead atoms. The van der Waals surface area contributed by atoms with Crippen LogP contribution in [0.5, 0.6) is 0 Å². The lowest BCUT2D eigenvalue weighted by molar-refractivity contribution is -0.140. The van der Waals surface area contributed by atoms with Crippen LogP contribution in [0.1, 0.15) is 25.1 Å². The van der Waals surface area contributed by atoms with Crippen LogP contribution in [0.4, 0.5) is 0 Å². The highest BCUT2D eigenvalue weighted by Gasteiger charge is 2.22. The molecule has 0 saturated heterocycles. The first-order chi connectivity index (χ1) is 9.36. The van der Waals surface area contributed by atoms with E-state index >= 15 is 0 Å². The van der Waals surface area contributed by atoms with Gasteiger partial charge < -0.3 is 4.74 Å². The van der Waals surface area contributed by atoms with Crippen molar-refractivity contribution in [2.45, 2.75) is 19.4 Å². The highest BCUT2D eigenvalue weighted by Crippen LogP contribution is 2.10. The molecule has 0 aliphatic rings. The molecule has 0 radical (unpaired) electrons. The van der Waals surface area contributed by atoms with Crippen molar-refractivity contribution in [3.05, 3.63) is 30.1 Å². The Morgan fingerprint density at radius 3 is 2.75 bits per heavy atom. The maximum atomic E-state index is 12.1. The Kier molecular flexibility index (Phi) is 6.05. The van der Waals surface area contributed by atoms with Gasteiger partial charge in [-0.1, -0.05) is 6.07 Å². The summed E-state index contributed by atoms with van der Waals surface area (Å²) in [6.07, 6.45) is 1.60. The number of methoxy groups -OCH3 is 1. The minimum Gasteiger partial charge on any atom is -0.469 e. The molecular weight excluding hydrogens is 282 g/mol. The molecule has 7 nitrogen and oxygen atoms in total. The maximum absolute atomic E-state index is 12.1. The highest BCUT2D eigenvalue weighted by atomic mass is 32.2. The van der Waals surface area contributed by atoms with E-state index in [1.807, 2.05) is 0 Å². The summed E-state index contributed by atoms with van der Waals surface area (Å²) < 4.78 is 32.1. The number of esters is 1. The van der Waals surface area contributed by atoms with Gasteiger partial charge in [-0.15, -0.1) is 0 Å². The van der Waals surface area contributed by atoms with E-state index in [-0.39, 0.29) is 13.0 Å². The van der Waals surface area contributed by atoms with E-state index in [9.17, 15) is 13.2 Å². The third kappa shape index (κ3) is 4.87. The Morgan fingerprint density at radius 1 is 1.50 bits per heavy atom. The standard InChI is InChI=1S/C12H19N3O4S/c1-10(11-6-4-5-8-13-11)14-20(17,18)15(2)9-7-12(16)19-3/h4-6,8,10,14H,7,9H2,1-3H3/t10-/m0/s1. The summed E-state index contributed by atoms with van der Waals surface area (Å²) in [4.78, 5) is 15.1. The largest absolute Gasteiger partial charge is 0.469 e. The second kappa shape index (κ2) is 7.32. The zero-order valence-corrected chi connectivity index (χ0v) is 12.6. The second-order valence-corrected chi connectivity index (χ2v) is 6.06. The van der Waals surface area contributed by atoms with Crippen LogP contribution in [0.2, 0.25) is 0 Å². The monoisotopic (exact) mass is 301 g/mol. The Labute approximate surface area is 119 Å². The SMILES string of the molecule is COC(=O)CCN(C)S(=O)(=O)N[C@@H](C)c1ccccn1. The van der Waals surface area contributed by atoms with Crippen LogP contribution in [0.25, 0.3) is 0 Å². The topological polar surface area (TPSA) is 88.6 Å². The average Bonchev–Trinajstić information content (AvgIpc) is 2.44. The molecule has 1 aromatic rings. The summed E-state index contributed by atoms with van der Waals surface area (Å²) in [5.74, 6) is -0.454. The Hall–Kier alpha value is -1.51. The fourth-order valence-electron chi connectivity index (χ4n) is 1.48. The van der Waals surface area contributed by atoms with E-state index in [0.717, 1.165) is 4.31 Å². The molecule has 1 N–H and O–H groups in total. The molecule has 0 aromatic carbocycles. The number of aromatic nitrogens is 1. The minimum atomic E-state index is -3.68. The van der Waals surface area contributed by atoms with E-state index in [1.54, 1.807) is 31.3 Å². The van der Waals surface area contributed by atoms with Gasteiger partial charge in [-0.05, 0) is 19.1 Å². The third-order valence-corrected chi connectivity index (χ3v) is 4.38. The van der Waals surface area contributed by atoms with E-state index in [0.29, 0.717) is 5.69 Å². The normalized spacial score (nSPS) is 13.2. The zero-order chi connectivity index (χ0) is 15.2. The molecule has 0 fully saturated rings. The van der Waals surface area contributed by atoms with E-state index in [4.69, 9.17) is 0 Å². The first-order valence-corrected chi connectivity index (χ1v) is 7.52. The van der Waals surface area contributed by atoms with Crippen molar-refractivity contribution in [2.75, 3.05) is 20.7 Å². The number of nitrogens with one attached hydrogen (secondary N) is 1. The van der Waals surface area contributed by atoms with Crippen LogP contribution in [0.3, 0.4) is 0 Å². The second-order valence-electron chi connectivity index (χ2n) is 4.25. The van der Waals surface area contributed by atoms with Crippen molar-refractivity contribution in [3.63, 3.8) is 0 Å². The number of ether oxygens (including phenoxy) is 1. The quantitative estimate of drug-likeness (QED) is 0.740. The van der Waals surface area contributed by atoms with Gasteiger partial charge in [-0.3, -0.25) is 9.78 Å². The number of hydrogen-bond acceptors (Lipinski definition) is 5. The summed E-state index contributed by atoms with van der Waals surface area (Å²) in [5, 5.41) is 0. The van der Waals surface area contributed by atoms with Crippen molar-refractivity contribution in [3.8, 4) is 0 Å². The molecule has 0 amide bonds. The molecule has 20 heavy (non-hydrogen) atoms. The smallest absolute Gasteiger partial charge is 0.306 e. The molecule has 112 valence electrons. The molecule has 1 rings (SSSR count). The number of hydrogen-bond donors (Lipinski definition) is 1. The lowest BCUT2D eigenvalue weighted by Gasteiger charge is -2.20. The molecule has 8 heteroatoms. The summed E-state index contributed by atoms with van der Waals surface area (Å²) >= 11 is 0. The van der Waals surface area contributed by atoms with E-state index in [1.165, 1.54) is 14.2 Å². The van der Waals surface area contributed by atoms with Gasteiger partial charge in [0.05, 0.1) is 25.3 Å².